The van der Waals surface area contributed by atoms with Gasteiger partial charge in [0, 0.05) is 60.0 Å². The van der Waals surface area contributed by atoms with E-state index in [2.05, 4.69) is 10.3 Å². The number of primary amides is 1. The fraction of sp³-hybridized carbons (Fsp3) is 0.448. The molecule has 0 spiro atoms. The van der Waals surface area contributed by atoms with Crippen molar-refractivity contribution in [3.8, 4) is 0 Å². The number of urea groups is 1. The highest BCUT2D eigenvalue weighted by molar-refractivity contribution is 6.08. The highest BCUT2D eigenvalue weighted by Gasteiger charge is 2.40. The number of alkyl halides is 3. The maximum absolute atomic E-state index is 14.5. The number of aliphatic hydroxyl groups is 1. The summed E-state index contributed by atoms with van der Waals surface area (Å²) < 4.78 is 43.6. The number of nitrogens with one attached hydrogen (secondary N) is 1. The van der Waals surface area contributed by atoms with Gasteiger partial charge in [-0.05, 0) is 43.7 Å². The molecule has 2 aliphatic rings. The van der Waals surface area contributed by atoms with Crippen molar-refractivity contribution in [1.29, 1.82) is 0 Å². The number of likely N-dealkylation sites (tertiary alicyclic amines) is 2. The van der Waals surface area contributed by atoms with Crippen LogP contribution < -0.4 is 11.1 Å². The number of hydrogen-bond donors (Lipinski definition) is 3. The number of halogens is 3. The molecule has 5 rings (SSSR count). The highest BCUT2D eigenvalue weighted by atomic mass is 19.3. The molecule has 42 heavy (non-hydrogen) atoms. The molecule has 4 amide bonds. The lowest BCUT2D eigenvalue weighted by atomic mass is 10.0. The molecule has 2 fully saturated rings. The van der Waals surface area contributed by atoms with Gasteiger partial charge in [0.1, 0.15) is 12.7 Å². The summed E-state index contributed by atoms with van der Waals surface area (Å²) in [5.41, 5.74) is 7.82. The van der Waals surface area contributed by atoms with Gasteiger partial charge in [-0.25, -0.2) is 18.0 Å². The van der Waals surface area contributed by atoms with Crippen molar-refractivity contribution in [3.05, 3.63) is 59.5 Å². The number of carbonyl (C=O) groups is 3. The van der Waals surface area contributed by atoms with Crippen LogP contribution in [0.3, 0.4) is 0 Å². The number of nitrogens with zero attached hydrogens (tertiary/aromatic N) is 4. The molecule has 13 heteroatoms. The van der Waals surface area contributed by atoms with Crippen LogP contribution in [-0.4, -0.2) is 86.2 Å². The normalized spacial score (nSPS) is 21.0. The highest BCUT2D eigenvalue weighted by Crippen LogP contribution is 2.30. The number of piperidine rings is 1. The van der Waals surface area contributed by atoms with E-state index in [1.54, 1.807) is 12.1 Å². The fourth-order valence-electron chi connectivity index (χ4n) is 5.81. The van der Waals surface area contributed by atoms with E-state index < -0.39 is 48.6 Å². The number of amides is 4. The zero-order chi connectivity index (χ0) is 30.2. The SMILES string of the molecule is Cc1cccc(C[C@@H](O)[C@H]2C[C@@H](F)CN2C(=O)Cn2cc(C(N)=O)c3cc(NC(=O)N4CCCC(F)(F)C4)ccc32)n1. The van der Waals surface area contributed by atoms with Crippen LogP contribution in [0.5, 0.6) is 0 Å². The summed E-state index contributed by atoms with van der Waals surface area (Å²) in [4.78, 5) is 45.0. The van der Waals surface area contributed by atoms with Crippen molar-refractivity contribution in [2.45, 2.75) is 63.4 Å². The van der Waals surface area contributed by atoms with Gasteiger partial charge in [-0.1, -0.05) is 6.07 Å². The molecule has 2 saturated heterocycles. The van der Waals surface area contributed by atoms with Gasteiger partial charge in [0.25, 0.3) is 11.8 Å². The van der Waals surface area contributed by atoms with Crippen LogP contribution in [0, 0.1) is 6.92 Å². The van der Waals surface area contributed by atoms with E-state index in [-0.39, 0.29) is 56.6 Å². The molecule has 10 nitrogen and oxygen atoms in total. The predicted octanol–water partition coefficient (Wildman–Crippen LogP) is 3.25. The van der Waals surface area contributed by atoms with Crippen LogP contribution in [0.15, 0.2) is 42.6 Å². The topological polar surface area (TPSA) is 134 Å². The first-order valence-electron chi connectivity index (χ1n) is 13.8. The Hall–Kier alpha value is -4.13. The number of aryl methyl sites for hydroxylation is 1. The molecule has 0 aliphatic carbocycles. The van der Waals surface area contributed by atoms with Crippen molar-refractivity contribution in [1.82, 2.24) is 19.4 Å². The molecule has 3 atom stereocenters. The zero-order valence-corrected chi connectivity index (χ0v) is 23.1. The lowest BCUT2D eigenvalue weighted by Crippen LogP contribution is -2.47. The van der Waals surface area contributed by atoms with Crippen molar-refractivity contribution in [2.75, 3.05) is 25.0 Å². The molecular formula is C29H33F3N6O4. The number of pyridine rings is 1. The zero-order valence-electron chi connectivity index (χ0n) is 23.1. The van der Waals surface area contributed by atoms with Gasteiger partial charge >= 0.3 is 6.03 Å². The quantitative estimate of drug-likeness (QED) is 0.391. The lowest BCUT2D eigenvalue weighted by Gasteiger charge is -2.32. The van der Waals surface area contributed by atoms with Crippen molar-refractivity contribution < 1.29 is 32.7 Å². The number of aromatic nitrogens is 2. The number of nitrogens with two attached hydrogens (primary N) is 1. The van der Waals surface area contributed by atoms with Crippen LogP contribution in [0.4, 0.5) is 23.7 Å². The van der Waals surface area contributed by atoms with E-state index >= 15 is 0 Å². The van der Waals surface area contributed by atoms with E-state index in [1.165, 1.54) is 27.8 Å². The van der Waals surface area contributed by atoms with Gasteiger partial charge in [-0.15, -0.1) is 0 Å². The Morgan fingerprint density at radius 3 is 2.74 bits per heavy atom. The Bertz CT molecular complexity index is 1510. The molecule has 0 saturated carbocycles. The number of benzene rings is 1. The third kappa shape index (κ3) is 6.35. The van der Waals surface area contributed by atoms with E-state index in [0.29, 0.717) is 16.6 Å². The molecule has 2 aromatic heterocycles. The van der Waals surface area contributed by atoms with Gasteiger partial charge in [-0.2, -0.15) is 0 Å². The molecule has 4 N–H and O–H groups in total. The second kappa shape index (κ2) is 11.6. The smallest absolute Gasteiger partial charge is 0.322 e. The van der Waals surface area contributed by atoms with Crippen molar-refractivity contribution in [3.63, 3.8) is 0 Å². The Morgan fingerprint density at radius 2 is 2.02 bits per heavy atom. The number of aliphatic hydroxyl groups excluding tert-OH is 1. The van der Waals surface area contributed by atoms with E-state index in [4.69, 9.17) is 5.73 Å². The maximum atomic E-state index is 14.5. The minimum Gasteiger partial charge on any atom is -0.391 e. The summed E-state index contributed by atoms with van der Waals surface area (Å²) in [6.45, 7) is 0.918. The Balaban J connectivity index is 1.33. The Labute approximate surface area is 240 Å². The summed E-state index contributed by atoms with van der Waals surface area (Å²) in [6.07, 6.45) is -0.862. The van der Waals surface area contributed by atoms with Crippen LogP contribution in [0.25, 0.3) is 10.9 Å². The van der Waals surface area contributed by atoms with E-state index in [1.807, 2.05) is 19.1 Å². The summed E-state index contributed by atoms with van der Waals surface area (Å²) in [6, 6.07) is 8.56. The van der Waals surface area contributed by atoms with Gasteiger partial charge in [0.05, 0.1) is 30.8 Å². The summed E-state index contributed by atoms with van der Waals surface area (Å²) in [7, 11) is 0. The van der Waals surface area contributed by atoms with Gasteiger partial charge in [-0.3, -0.25) is 14.6 Å². The molecule has 4 heterocycles. The molecule has 1 aromatic carbocycles. The lowest BCUT2D eigenvalue weighted by molar-refractivity contribution is -0.134. The number of fused-ring (bicyclic) bond motifs is 1. The van der Waals surface area contributed by atoms with E-state index in [9.17, 15) is 32.7 Å². The van der Waals surface area contributed by atoms with E-state index in [0.717, 1.165) is 10.6 Å². The third-order valence-electron chi connectivity index (χ3n) is 7.80. The number of hydrogen-bond acceptors (Lipinski definition) is 5. The minimum atomic E-state index is -2.95. The van der Waals surface area contributed by atoms with Gasteiger partial charge < -0.3 is 30.5 Å². The summed E-state index contributed by atoms with van der Waals surface area (Å²) >= 11 is 0. The monoisotopic (exact) mass is 586 g/mol. The van der Waals surface area contributed by atoms with Crippen molar-refractivity contribution in [2.24, 2.45) is 5.73 Å². The molecule has 0 bridgehead atoms. The number of carbonyl (C=O) groups excluding carboxylic acids is 3. The van der Waals surface area contributed by atoms with Gasteiger partial charge in [0.2, 0.25) is 5.91 Å². The first-order valence-corrected chi connectivity index (χ1v) is 13.8. The number of rotatable bonds is 7. The second-order valence-corrected chi connectivity index (χ2v) is 11.1. The molecular weight excluding hydrogens is 553 g/mol. The second-order valence-electron chi connectivity index (χ2n) is 11.1. The van der Waals surface area contributed by atoms with Gasteiger partial charge in [0.15, 0.2) is 0 Å². The summed E-state index contributed by atoms with van der Waals surface area (Å²) in [5.74, 6) is -4.17. The Kier molecular flexibility index (Phi) is 8.13. The fourth-order valence-corrected chi connectivity index (χ4v) is 5.81. The third-order valence-corrected chi connectivity index (χ3v) is 7.80. The average Bonchev–Trinajstić information content (AvgIpc) is 3.48. The number of anilines is 1. The molecule has 0 unspecified atom stereocenters. The maximum Gasteiger partial charge on any atom is 0.322 e. The van der Waals surface area contributed by atoms with Crippen LogP contribution in [0.2, 0.25) is 0 Å². The molecule has 0 radical (unpaired) electrons. The van der Waals surface area contributed by atoms with Crippen LogP contribution in [0.1, 0.15) is 41.0 Å². The first kappa shape index (κ1) is 29.4. The molecule has 224 valence electrons. The first-order chi connectivity index (χ1) is 19.9. The molecule has 2 aliphatic heterocycles. The van der Waals surface area contributed by atoms with Crippen LogP contribution in [-0.2, 0) is 17.8 Å². The standard InChI is InChI=1S/C29H33F3N6O4/c1-17-4-2-5-19(34-17)12-25(39)24-10-18(30)13-38(24)26(40)15-37-14-22(27(33)41)21-11-20(6-7-23(21)37)35-28(42)36-9-3-8-29(31,32)16-36/h2,4-7,11,14,18,24-25,39H,3,8-10,12-13,15-16H2,1H3,(H2,33,41)(H,35,42)/t18-,24-,25-/m1/s1. The molecule has 3 aromatic rings. The van der Waals surface area contributed by atoms with Crippen molar-refractivity contribution >= 4 is 34.4 Å². The average molecular weight is 587 g/mol. The largest absolute Gasteiger partial charge is 0.391 e. The summed E-state index contributed by atoms with van der Waals surface area (Å²) in [5, 5.41) is 13.9. The predicted molar refractivity (Wildman–Crippen MR) is 149 cm³/mol. The Morgan fingerprint density at radius 1 is 1.24 bits per heavy atom. The van der Waals surface area contributed by atoms with Crippen LogP contribution >= 0.6 is 0 Å². The minimum absolute atomic E-state index is 0.0102.